The molecule has 0 aliphatic heterocycles. The molecule has 18 heavy (non-hydrogen) atoms. The average Bonchev–Trinajstić information content (AvgIpc) is 3.20. The van der Waals surface area contributed by atoms with Gasteiger partial charge in [0.1, 0.15) is 5.82 Å². The minimum atomic E-state index is -0.197. The van der Waals surface area contributed by atoms with E-state index in [9.17, 15) is 4.39 Å². The van der Waals surface area contributed by atoms with Gasteiger partial charge in [-0.25, -0.2) is 4.39 Å². The van der Waals surface area contributed by atoms with Crippen molar-refractivity contribution in [2.45, 2.75) is 32.2 Å². The van der Waals surface area contributed by atoms with Crippen molar-refractivity contribution in [1.82, 2.24) is 5.32 Å². The largest absolute Gasteiger partial charge is 0.399 e. The Hall–Kier alpha value is -1.09. The molecule has 98 valence electrons. The first-order valence-electron chi connectivity index (χ1n) is 6.98. The van der Waals surface area contributed by atoms with Crippen LogP contribution in [-0.2, 0) is 6.54 Å². The number of benzene rings is 1. The number of hydrogen-bond donors (Lipinski definition) is 2. The van der Waals surface area contributed by atoms with Crippen molar-refractivity contribution in [3.8, 4) is 0 Å². The van der Waals surface area contributed by atoms with Crippen molar-refractivity contribution in [1.29, 1.82) is 0 Å². The van der Waals surface area contributed by atoms with E-state index in [1.807, 2.05) is 0 Å². The molecule has 2 aliphatic rings. The van der Waals surface area contributed by atoms with Gasteiger partial charge in [0.05, 0.1) is 0 Å². The zero-order valence-electron chi connectivity index (χ0n) is 10.7. The second kappa shape index (κ2) is 4.88. The van der Waals surface area contributed by atoms with Crippen molar-refractivity contribution >= 4 is 5.69 Å². The average molecular weight is 248 g/mol. The SMILES string of the molecule is Nc1ccc(CNCC(C2CC2)C2CC2)c(F)c1. The van der Waals surface area contributed by atoms with E-state index in [4.69, 9.17) is 5.73 Å². The molecule has 1 aromatic rings. The third-order valence-corrected chi connectivity index (χ3v) is 4.23. The zero-order chi connectivity index (χ0) is 12.5. The number of halogens is 1. The minimum absolute atomic E-state index is 0.197. The molecule has 3 rings (SSSR count). The molecule has 0 radical (unpaired) electrons. The Morgan fingerprint density at radius 1 is 1.22 bits per heavy atom. The van der Waals surface area contributed by atoms with Crippen LogP contribution in [-0.4, -0.2) is 6.54 Å². The van der Waals surface area contributed by atoms with Crippen LogP contribution in [0.1, 0.15) is 31.2 Å². The maximum absolute atomic E-state index is 13.6. The minimum Gasteiger partial charge on any atom is -0.399 e. The fraction of sp³-hybridized carbons (Fsp3) is 0.600. The number of rotatable bonds is 6. The van der Waals surface area contributed by atoms with Gasteiger partial charge in [0.25, 0.3) is 0 Å². The molecule has 2 aliphatic carbocycles. The summed E-state index contributed by atoms with van der Waals surface area (Å²) in [5, 5.41) is 3.42. The lowest BCUT2D eigenvalue weighted by atomic mass is 9.98. The summed E-state index contributed by atoms with van der Waals surface area (Å²) in [5.41, 5.74) is 6.75. The van der Waals surface area contributed by atoms with E-state index in [0.29, 0.717) is 12.2 Å². The van der Waals surface area contributed by atoms with Gasteiger partial charge < -0.3 is 11.1 Å². The van der Waals surface area contributed by atoms with Crippen LogP contribution in [0, 0.1) is 23.6 Å². The van der Waals surface area contributed by atoms with Gasteiger partial charge in [0.2, 0.25) is 0 Å². The molecule has 0 bridgehead atoms. The van der Waals surface area contributed by atoms with Gasteiger partial charge in [-0.2, -0.15) is 0 Å². The van der Waals surface area contributed by atoms with E-state index in [1.165, 1.54) is 31.7 Å². The first kappa shape index (κ1) is 12.0. The number of anilines is 1. The Kier molecular flexibility index (Phi) is 3.25. The van der Waals surface area contributed by atoms with Gasteiger partial charge in [-0.15, -0.1) is 0 Å². The van der Waals surface area contributed by atoms with E-state index in [1.54, 1.807) is 12.1 Å². The molecular weight excluding hydrogens is 227 g/mol. The lowest BCUT2D eigenvalue weighted by molar-refractivity contribution is 0.377. The molecule has 0 aromatic heterocycles. The van der Waals surface area contributed by atoms with Crippen molar-refractivity contribution in [2.75, 3.05) is 12.3 Å². The molecule has 1 aromatic carbocycles. The van der Waals surface area contributed by atoms with Gasteiger partial charge in [0, 0.05) is 17.8 Å². The molecule has 2 saturated carbocycles. The normalized spacial score (nSPS) is 19.4. The van der Waals surface area contributed by atoms with Gasteiger partial charge in [-0.3, -0.25) is 0 Å². The van der Waals surface area contributed by atoms with E-state index < -0.39 is 0 Å². The Morgan fingerprint density at radius 3 is 2.44 bits per heavy atom. The number of nitrogens with one attached hydrogen (secondary N) is 1. The smallest absolute Gasteiger partial charge is 0.129 e. The maximum atomic E-state index is 13.6. The van der Waals surface area contributed by atoms with E-state index in [0.717, 1.165) is 29.9 Å². The lowest BCUT2D eigenvalue weighted by Gasteiger charge is -2.16. The lowest BCUT2D eigenvalue weighted by Crippen LogP contribution is -2.25. The third kappa shape index (κ3) is 2.83. The summed E-state index contributed by atoms with van der Waals surface area (Å²) < 4.78 is 13.6. The highest BCUT2D eigenvalue weighted by Gasteiger charge is 2.40. The standard InChI is InChI=1S/C15H21FN2/c16-15-7-13(17)6-5-12(15)8-18-9-14(10-1-2-10)11-3-4-11/h5-7,10-11,14,18H,1-4,8-9,17H2. The highest BCUT2D eigenvalue weighted by Crippen LogP contribution is 2.48. The molecule has 2 nitrogen and oxygen atoms in total. The maximum Gasteiger partial charge on any atom is 0.129 e. The third-order valence-electron chi connectivity index (χ3n) is 4.23. The van der Waals surface area contributed by atoms with Crippen molar-refractivity contribution in [3.05, 3.63) is 29.6 Å². The van der Waals surface area contributed by atoms with Gasteiger partial charge in [-0.1, -0.05) is 6.07 Å². The molecule has 0 unspecified atom stereocenters. The molecule has 0 atom stereocenters. The first-order chi connectivity index (χ1) is 8.74. The van der Waals surface area contributed by atoms with Crippen LogP contribution < -0.4 is 11.1 Å². The second-order valence-corrected chi connectivity index (χ2v) is 5.82. The molecule has 3 N–H and O–H groups in total. The van der Waals surface area contributed by atoms with E-state index >= 15 is 0 Å². The Morgan fingerprint density at radius 2 is 1.89 bits per heavy atom. The summed E-state index contributed by atoms with van der Waals surface area (Å²) in [7, 11) is 0. The molecule has 0 saturated heterocycles. The quantitative estimate of drug-likeness (QED) is 0.760. The summed E-state index contributed by atoms with van der Waals surface area (Å²) in [5.74, 6) is 2.53. The summed E-state index contributed by atoms with van der Waals surface area (Å²) in [4.78, 5) is 0. The van der Waals surface area contributed by atoms with Crippen molar-refractivity contribution in [2.24, 2.45) is 17.8 Å². The van der Waals surface area contributed by atoms with Crippen LogP contribution in [0.4, 0.5) is 10.1 Å². The molecular formula is C15H21FN2. The number of nitrogen functional groups attached to an aromatic ring is 1. The van der Waals surface area contributed by atoms with Gasteiger partial charge >= 0.3 is 0 Å². The predicted octanol–water partition coefficient (Wildman–Crippen LogP) is 2.93. The second-order valence-electron chi connectivity index (χ2n) is 5.82. The first-order valence-corrected chi connectivity index (χ1v) is 6.98. The van der Waals surface area contributed by atoms with Gasteiger partial charge in [-0.05, 0) is 62.1 Å². The topological polar surface area (TPSA) is 38.0 Å². The van der Waals surface area contributed by atoms with Gasteiger partial charge in [0.15, 0.2) is 0 Å². The summed E-state index contributed by atoms with van der Waals surface area (Å²) in [6.07, 6.45) is 5.61. The Bertz CT molecular complexity index is 413. The highest BCUT2D eigenvalue weighted by molar-refractivity contribution is 5.40. The summed E-state index contributed by atoms with van der Waals surface area (Å²) in [6, 6.07) is 4.94. The van der Waals surface area contributed by atoms with Crippen LogP contribution in [0.5, 0.6) is 0 Å². The number of hydrogen-bond acceptors (Lipinski definition) is 2. The van der Waals surface area contributed by atoms with Crippen molar-refractivity contribution < 1.29 is 4.39 Å². The molecule has 2 fully saturated rings. The summed E-state index contributed by atoms with van der Waals surface area (Å²) in [6.45, 7) is 1.65. The van der Waals surface area contributed by atoms with Crippen LogP contribution in [0.2, 0.25) is 0 Å². The van der Waals surface area contributed by atoms with Crippen LogP contribution >= 0.6 is 0 Å². The van der Waals surface area contributed by atoms with E-state index in [-0.39, 0.29) is 5.82 Å². The van der Waals surface area contributed by atoms with Crippen LogP contribution in [0.15, 0.2) is 18.2 Å². The molecule has 0 amide bonds. The van der Waals surface area contributed by atoms with Crippen LogP contribution in [0.3, 0.4) is 0 Å². The molecule has 3 heteroatoms. The monoisotopic (exact) mass is 248 g/mol. The highest BCUT2D eigenvalue weighted by atomic mass is 19.1. The van der Waals surface area contributed by atoms with Crippen LogP contribution in [0.25, 0.3) is 0 Å². The molecule has 0 heterocycles. The van der Waals surface area contributed by atoms with Crippen molar-refractivity contribution in [3.63, 3.8) is 0 Å². The predicted molar refractivity (Wildman–Crippen MR) is 71.5 cm³/mol. The Balaban J connectivity index is 1.51. The Labute approximate surface area is 108 Å². The zero-order valence-corrected chi connectivity index (χ0v) is 10.7. The fourth-order valence-electron chi connectivity index (χ4n) is 2.85. The number of nitrogens with two attached hydrogens (primary N) is 1. The summed E-state index contributed by atoms with van der Waals surface area (Å²) >= 11 is 0. The fourth-order valence-corrected chi connectivity index (χ4v) is 2.85. The molecule has 0 spiro atoms. The van der Waals surface area contributed by atoms with E-state index in [2.05, 4.69) is 5.32 Å².